The first kappa shape index (κ1) is 14.3. The van der Waals surface area contributed by atoms with Crippen molar-refractivity contribution in [3.8, 4) is 0 Å². The van der Waals surface area contributed by atoms with Gasteiger partial charge in [0.2, 0.25) is 0 Å². The van der Waals surface area contributed by atoms with Crippen molar-refractivity contribution in [2.45, 2.75) is 52.2 Å². The van der Waals surface area contributed by atoms with Crippen molar-refractivity contribution in [3.63, 3.8) is 0 Å². The minimum Gasteiger partial charge on any atom is -0.316 e. The number of hydrogen-bond acceptors (Lipinski definition) is 2. The smallest absolute Gasteiger partial charge is 0.00750 e. The van der Waals surface area contributed by atoms with Crippen LogP contribution in [0.15, 0.2) is 0 Å². The standard InChI is InChI=1S/C12H27NS/c1-11(2)10-13-8-6-7-9-14-12(3,4)5/h11,13H,6-10H2,1-5H3. The Labute approximate surface area is 94.4 Å². The van der Waals surface area contributed by atoms with E-state index in [2.05, 4.69) is 51.7 Å². The molecule has 0 saturated carbocycles. The van der Waals surface area contributed by atoms with Crippen molar-refractivity contribution in [1.29, 1.82) is 0 Å². The zero-order valence-electron chi connectivity index (χ0n) is 10.5. The molecular formula is C12H27NS. The maximum atomic E-state index is 3.47. The second-order valence-electron chi connectivity index (χ2n) is 5.27. The highest BCUT2D eigenvalue weighted by Gasteiger charge is 2.08. The van der Waals surface area contributed by atoms with Crippen molar-refractivity contribution in [3.05, 3.63) is 0 Å². The minimum atomic E-state index is 0.436. The van der Waals surface area contributed by atoms with Gasteiger partial charge in [0.25, 0.3) is 0 Å². The number of nitrogens with one attached hydrogen (secondary N) is 1. The summed E-state index contributed by atoms with van der Waals surface area (Å²) in [5.74, 6) is 2.08. The van der Waals surface area contributed by atoms with Crippen LogP contribution in [0.2, 0.25) is 0 Å². The molecule has 14 heavy (non-hydrogen) atoms. The molecule has 0 fully saturated rings. The Kier molecular flexibility index (Phi) is 7.75. The average Bonchev–Trinajstić information content (AvgIpc) is 2.00. The second-order valence-corrected chi connectivity index (χ2v) is 7.19. The monoisotopic (exact) mass is 217 g/mol. The van der Waals surface area contributed by atoms with Crippen LogP contribution in [0.1, 0.15) is 47.5 Å². The van der Waals surface area contributed by atoms with Gasteiger partial charge < -0.3 is 5.32 Å². The Hall–Kier alpha value is 0.310. The van der Waals surface area contributed by atoms with E-state index in [0.29, 0.717) is 4.75 Å². The number of thioether (sulfide) groups is 1. The maximum absolute atomic E-state index is 3.47. The third-order valence-electron chi connectivity index (χ3n) is 1.84. The van der Waals surface area contributed by atoms with Crippen molar-refractivity contribution in [1.82, 2.24) is 5.32 Å². The molecule has 0 aliphatic carbocycles. The summed E-state index contributed by atoms with van der Waals surface area (Å²) < 4.78 is 0.436. The lowest BCUT2D eigenvalue weighted by atomic mass is 10.2. The fourth-order valence-corrected chi connectivity index (χ4v) is 2.08. The Morgan fingerprint density at radius 3 is 2.29 bits per heavy atom. The van der Waals surface area contributed by atoms with E-state index in [9.17, 15) is 0 Å². The Morgan fingerprint density at radius 1 is 1.14 bits per heavy atom. The molecule has 0 unspecified atom stereocenters. The van der Waals surface area contributed by atoms with Crippen molar-refractivity contribution < 1.29 is 0 Å². The highest BCUT2D eigenvalue weighted by atomic mass is 32.2. The first-order chi connectivity index (χ1) is 6.42. The van der Waals surface area contributed by atoms with E-state index in [0.717, 1.165) is 12.5 Å². The SMILES string of the molecule is CC(C)CNCCCCSC(C)(C)C. The molecule has 0 radical (unpaired) electrons. The normalized spacial score (nSPS) is 12.4. The van der Waals surface area contributed by atoms with Gasteiger partial charge in [0.05, 0.1) is 0 Å². The van der Waals surface area contributed by atoms with Crippen LogP contribution in [0, 0.1) is 5.92 Å². The lowest BCUT2D eigenvalue weighted by Crippen LogP contribution is -2.20. The molecule has 0 aromatic heterocycles. The van der Waals surface area contributed by atoms with Gasteiger partial charge in [-0.1, -0.05) is 34.6 Å². The molecule has 1 nitrogen and oxygen atoms in total. The third-order valence-corrected chi connectivity index (χ3v) is 3.19. The van der Waals surface area contributed by atoms with Gasteiger partial charge in [-0.3, -0.25) is 0 Å². The van der Waals surface area contributed by atoms with Crippen LogP contribution in [0.5, 0.6) is 0 Å². The molecule has 0 rings (SSSR count). The fraction of sp³-hybridized carbons (Fsp3) is 1.00. The molecule has 0 aliphatic heterocycles. The number of rotatable bonds is 7. The highest BCUT2D eigenvalue weighted by molar-refractivity contribution is 8.00. The van der Waals surface area contributed by atoms with Crippen molar-refractivity contribution in [2.24, 2.45) is 5.92 Å². The topological polar surface area (TPSA) is 12.0 Å². The molecule has 0 aromatic carbocycles. The molecule has 0 aromatic rings. The van der Waals surface area contributed by atoms with E-state index < -0.39 is 0 Å². The highest BCUT2D eigenvalue weighted by Crippen LogP contribution is 2.23. The van der Waals surface area contributed by atoms with Gasteiger partial charge in [0, 0.05) is 4.75 Å². The lowest BCUT2D eigenvalue weighted by molar-refractivity contribution is 0.541. The molecular weight excluding hydrogens is 190 g/mol. The summed E-state index contributed by atoms with van der Waals surface area (Å²) in [5, 5.41) is 3.47. The van der Waals surface area contributed by atoms with Crippen LogP contribution in [0.3, 0.4) is 0 Å². The van der Waals surface area contributed by atoms with Gasteiger partial charge in [-0.15, -0.1) is 0 Å². The Morgan fingerprint density at radius 2 is 1.79 bits per heavy atom. The summed E-state index contributed by atoms with van der Waals surface area (Å²) in [5.41, 5.74) is 0. The summed E-state index contributed by atoms with van der Waals surface area (Å²) >= 11 is 2.07. The Bertz CT molecular complexity index is 127. The predicted molar refractivity (Wildman–Crippen MR) is 69.2 cm³/mol. The molecule has 0 bridgehead atoms. The lowest BCUT2D eigenvalue weighted by Gasteiger charge is -2.17. The summed E-state index contributed by atoms with van der Waals surface area (Å²) in [6.07, 6.45) is 2.66. The molecule has 0 atom stereocenters. The molecule has 2 heteroatoms. The molecule has 1 N–H and O–H groups in total. The van der Waals surface area contributed by atoms with E-state index >= 15 is 0 Å². The van der Waals surface area contributed by atoms with Gasteiger partial charge in [0.1, 0.15) is 0 Å². The van der Waals surface area contributed by atoms with Crippen LogP contribution in [0.25, 0.3) is 0 Å². The number of hydrogen-bond donors (Lipinski definition) is 1. The van der Waals surface area contributed by atoms with E-state index in [1.165, 1.54) is 25.1 Å². The van der Waals surface area contributed by atoms with Gasteiger partial charge >= 0.3 is 0 Å². The number of unbranched alkanes of at least 4 members (excludes halogenated alkanes) is 1. The molecule has 0 saturated heterocycles. The van der Waals surface area contributed by atoms with Crippen LogP contribution in [0.4, 0.5) is 0 Å². The summed E-state index contributed by atoms with van der Waals surface area (Å²) in [4.78, 5) is 0. The molecule has 0 amide bonds. The van der Waals surface area contributed by atoms with E-state index in [1.807, 2.05) is 0 Å². The summed E-state index contributed by atoms with van der Waals surface area (Å²) in [6, 6.07) is 0. The maximum Gasteiger partial charge on any atom is 0.00750 e. The van der Waals surface area contributed by atoms with Crippen LogP contribution < -0.4 is 5.32 Å². The van der Waals surface area contributed by atoms with Gasteiger partial charge in [0.15, 0.2) is 0 Å². The summed E-state index contributed by atoms with van der Waals surface area (Å²) in [6.45, 7) is 13.7. The largest absolute Gasteiger partial charge is 0.316 e. The molecule has 86 valence electrons. The molecule has 0 spiro atoms. The second kappa shape index (κ2) is 7.58. The quantitative estimate of drug-likeness (QED) is 0.655. The van der Waals surface area contributed by atoms with E-state index in [1.54, 1.807) is 0 Å². The zero-order valence-corrected chi connectivity index (χ0v) is 11.3. The van der Waals surface area contributed by atoms with E-state index in [-0.39, 0.29) is 0 Å². The van der Waals surface area contributed by atoms with Crippen LogP contribution in [-0.4, -0.2) is 23.6 Å². The average molecular weight is 217 g/mol. The van der Waals surface area contributed by atoms with Crippen LogP contribution in [-0.2, 0) is 0 Å². The third kappa shape index (κ3) is 12.3. The van der Waals surface area contributed by atoms with Crippen molar-refractivity contribution >= 4 is 11.8 Å². The van der Waals surface area contributed by atoms with Gasteiger partial charge in [-0.25, -0.2) is 0 Å². The molecule has 0 aliphatic rings. The first-order valence-electron chi connectivity index (χ1n) is 5.76. The van der Waals surface area contributed by atoms with E-state index in [4.69, 9.17) is 0 Å². The Balaban J connectivity index is 3.07. The first-order valence-corrected chi connectivity index (χ1v) is 6.75. The van der Waals surface area contributed by atoms with Crippen molar-refractivity contribution in [2.75, 3.05) is 18.8 Å². The fourth-order valence-electron chi connectivity index (χ4n) is 1.12. The summed E-state index contributed by atoms with van der Waals surface area (Å²) in [7, 11) is 0. The van der Waals surface area contributed by atoms with Crippen LogP contribution >= 0.6 is 11.8 Å². The molecule has 0 heterocycles. The van der Waals surface area contributed by atoms with Gasteiger partial charge in [-0.05, 0) is 37.6 Å². The van der Waals surface area contributed by atoms with Gasteiger partial charge in [-0.2, -0.15) is 11.8 Å². The zero-order chi connectivity index (χ0) is 11.0. The minimum absolute atomic E-state index is 0.436. The predicted octanol–water partition coefficient (Wildman–Crippen LogP) is 3.54.